The summed E-state index contributed by atoms with van der Waals surface area (Å²) in [5.74, 6) is 2.24. The van der Waals surface area contributed by atoms with Crippen LogP contribution in [0.15, 0.2) is 0 Å². The highest BCUT2D eigenvalue weighted by Gasteiger charge is 2.28. The van der Waals surface area contributed by atoms with Crippen molar-refractivity contribution in [3.05, 3.63) is 11.6 Å². The summed E-state index contributed by atoms with van der Waals surface area (Å²) in [7, 11) is 0. The highest BCUT2D eigenvalue weighted by Crippen LogP contribution is 2.24. The maximum absolute atomic E-state index is 12.5. The molecule has 0 aromatic carbocycles. The molecule has 1 saturated carbocycles. The summed E-state index contributed by atoms with van der Waals surface area (Å²) < 4.78 is 2.18. The zero-order chi connectivity index (χ0) is 16.9. The zero-order valence-corrected chi connectivity index (χ0v) is 15.1. The molecule has 134 valence electrons. The van der Waals surface area contributed by atoms with E-state index in [1.165, 1.54) is 32.1 Å². The minimum Gasteiger partial charge on any atom is -0.335 e. The van der Waals surface area contributed by atoms with Crippen LogP contribution in [-0.4, -0.2) is 26.8 Å². The van der Waals surface area contributed by atoms with Gasteiger partial charge in [0.2, 0.25) is 0 Å². The van der Waals surface area contributed by atoms with Crippen molar-refractivity contribution in [1.82, 2.24) is 25.4 Å². The Labute approximate surface area is 144 Å². The fourth-order valence-electron chi connectivity index (χ4n) is 3.90. The molecule has 0 saturated heterocycles. The highest BCUT2D eigenvalue weighted by molar-refractivity contribution is 5.74. The predicted molar refractivity (Wildman–Crippen MR) is 93.7 cm³/mol. The largest absolute Gasteiger partial charge is 0.335 e. The molecule has 1 unspecified atom stereocenters. The van der Waals surface area contributed by atoms with Crippen LogP contribution in [0.4, 0.5) is 4.79 Å². The Bertz CT molecular complexity index is 546. The molecule has 2 aliphatic rings. The molecule has 2 N–H and O–H groups in total. The van der Waals surface area contributed by atoms with Crippen molar-refractivity contribution in [2.24, 2.45) is 5.92 Å². The lowest BCUT2D eigenvalue weighted by Gasteiger charge is -2.25. The van der Waals surface area contributed by atoms with Gasteiger partial charge >= 0.3 is 6.03 Å². The van der Waals surface area contributed by atoms with Crippen LogP contribution in [0, 0.1) is 5.92 Å². The van der Waals surface area contributed by atoms with E-state index >= 15 is 0 Å². The minimum absolute atomic E-state index is 0.0605. The number of hydrogen-bond donors (Lipinski definition) is 2. The molecule has 1 aromatic heterocycles. The molecule has 1 atom stereocenters. The molecule has 6 heteroatoms. The van der Waals surface area contributed by atoms with Gasteiger partial charge in [0.1, 0.15) is 5.82 Å². The number of nitrogens with zero attached hydrogens (tertiary/aromatic N) is 3. The van der Waals surface area contributed by atoms with Crippen LogP contribution in [0.2, 0.25) is 0 Å². The van der Waals surface area contributed by atoms with Gasteiger partial charge in [-0.15, -0.1) is 10.2 Å². The number of aromatic nitrogens is 3. The Kier molecular flexibility index (Phi) is 5.74. The Morgan fingerprint density at radius 3 is 2.50 bits per heavy atom. The van der Waals surface area contributed by atoms with Gasteiger partial charge in [0, 0.05) is 19.0 Å². The summed E-state index contributed by atoms with van der Waals surface area (Å²) in [6.45, 7) is 5.21. The summed E-state index contributed by atoms with van der Waals surface area (Å²) in [4.78, 5) is 12.5. The number of amides is 2. The Morgan fingerprint density at radius 1 is 1.08 bits per heavy atom. The third-order valence-electron chi connectivity index (χ3n) is 5.31. The Hall–Kier alpha value is -1.59. The monoisotopic (exact) mass is 333 g/mol. The van der Waals surface area contributed by atoms with Crippen LogP contribution in [0.25, 0.3) is 0 Å². The van der Waals surface area contributed by atoms with Crippen LogP contribution >= 0.6 is 0 Å². The molecule has 2 amide bonds. The molecular weight excluding hydrogens is 302 g/mol. The van der Waals surface area contributed by atoms with Crippen LogP contribution in [0.1, 0.15) is 82.9 Å². The van der Waals surface area contributed by atoms with Gasteiger partial charge in [-0.25, -0.2) is 4.79 Å². The van der Waals surface area contributed by atoms with Gasteiger partial charge in [-0.1, -0.05) is 46.0 Å². The molecule has 1 aromatic rings. The molecule has 3 rings (SSSR count). The van der Waals surface area contributed by atoms with Crippen molar-refractivity contribution in [2.75, 3.05) is 0 Å². The predicted octanol–water partition coefficient (Wildman–Crippen LogP) is 3.33. The van der Waals surface area contributed by atoms with Gasteiger partial charge in [-0.3, -0.25) is 0 Å². The van der Waals surface area contributed by atoms with Crippen molar-refractivity contribution in [2.45, 2.75) is 90.3 Å². The standard InChI is InChI=1S/C18H31N5O/c1-13(2)16(17-22-21-15-11-8-12-23(15)17)20-18(24)19-14-9-6-4-3-5-7-10-14/h13-14,16H,3-12H2,1-2H3,(H2,19,20,24). The number of fused-ring (bicyclic) bond motifs is 1. The fourth-order valence-corrected chi connectivity index (χ4v) is 3.90. The Balaban J connectivity index is 1.61. The lowest BCUT2D eigenvalue weighted by atomic mass is 9.97. The maximum atomic E-state index is 12.5. The maximum Gasteiger partial charge on any atom is 0.315 e. The lowest BCUT2D eigenvalue weighted by molar-refractivity contribution is 0.224. The van der Waals surface area contributed by atoms with E-state index in [2.05, 4.69) is 39.2 Å². The molecule has 0 bridgehead atoms. The van der Waals surface area contributed by atoms with E-state index < -0.39 is 0 Å². The van der Waals surface area contributed by atoms with E-state index in [4.69, 9.17) is 0 Å². The van der Waals surface area contributed by atoms with Crippen molar-refractivity contribution in [1.29, 1.82) is 0 Å². The molecule has 0 spiro atoms. The first-order valence-corrected chi connectivity index (χ1v) is 9.64. The quantitative estimate of drug-likeness (QED) is 0.888. The second-order valence-corrected chi connectivity index (χ2v) is 7.61. The summed E-state index contributed by atoms with van der Waals surface area (Å²) >= 11 is 0. The fraction of sp³-hybridized carbons (Fsp3) is 0.833. The molecule has 0 radical (unpaired) electrons. The average Bonchev–Trinajstić information content (AvgIpc) is 3.10. The number of nitrogens with one attached hydrogen (secondary N) is 2. The van der Waals surface area contributed by atoms with Gasteiger partial charge in [-0.2, -0.15) is 0 Å². The molecule has 2 heterocycles. The van der Waals surface area contributed by atoms with E-state index in [9.17, 15) is 4.79 Å². The first kappa shape index (κ1) is 17.2. The van der Waals surface area contributed by atoms with E-state index in [0.717, 1.165) is 43.9 Å². The summed E-state index contributed by atoms with van der Waals surface area (Å²) in [5, 5.41) is 15.0. The number of hydrogen-bond acceptors (Lipinski definition) is 3. The average molecular weight is 333 g/mol. The van der Waals surface area contributed by atoms with Gasteiger partial charge in [0.15, 0.2) is 5.82 Å². The van der Waals surface area contributed by atoms with Gasteiger partial charge in [0.25, 0.3) is 0 Å². The number of aryl methyl sites for hydroxylation is 1. The molecule has 24 heavy (non-hydrogen) atoms. The molecular formula is C18H31N5O. The van der Waals surface area contributed by atoms with Crippen LogP contribution in [-0.2, 0) is 13.0 Å². The summed E-state index contributed by atoms with van der Waals surface area (Å²) in [5.41, 5.74) is 0. The zero-order valence-electron chi connectivity index (χ0n) is 15.1. The van der Waals surface area contributed by atoms with Crippen molar-refractivity contribution in [3.8, 4) is 0 Å². The van der Waals surface area contributed by atoms with Crippen LogP contribution in [0.3, 0.4) is 0 Å². The van der Waals surface area contributed by atoms with E-state index in [1.807, 2.05) is 0 Å². The van der Waals surface area contributed by atoms with E-state index in [0.29, 0.717) is 6.04 Å². The second kappa shape index (κ2) is 7.99. The highest BCUT2D eigenvalue weighted by atomic mass is 16.2. The topological polar surface area (TPSA) is 71.8 Å². The first-order valence-electron chi connectivity index (χ1n) is 9.64. The van der Waals surface area contributed by atoms with Gasteiger partial charge in [-0.05, 0) is 25.2 Å². The SMILES string of the molecule is CC(C)C(NC(=O)NC1CCCCCCC1)c1nnc2n1CCC2. The molecule has 6 nitrogen and oxygen atoms in total. The lowest BCUT2D eigenvalue weighted by Crippen LogP contribution is -2.45. The third-order valence-corrected chi connectivity index (χ3v) is 5.31. The number of carbonyl (C=O) groups is 1. The smallest absolute Gasteiger partial charge is 0.315 e. The van der Waals surface area contributed by atoms with Crippen molar-refractivity contribution < 1.29 is 4.79 Å². The normalized spacial score (nSPS) is 20.3. The summed E-state index contributed by atoms with van der Waals surface area (Å²) in [6.07, 6.45) is 10.7. The number of urea groups is 1. The van der Waals surface area contributed by atoms with Gasteiger partial charge in [0.05, 0.1) is 6.04 Å². The molecule has 1 aliphatic carbocycles. The van der Waals surface area contributed by atoms with E-state index in [-0.39, 0.29) is 18.0 Å². The van der Waals surface area contributed by atoms with Crippen LogP contribution in [0.5, 0.6) is 0 Å². The molecule has 1 aliphatic heterocycles. The van der Waals surface area contributed by atoms with Crippen LogP contribution < -0.4 is 10.6 Å². The first-order chi connectivity index (χ1) is 11.6. The second-order valence-electron chi connectivity index (χ2n) is 7.61. The summed E-state index contributed by atoms with van der Waals surface area (Å²) in [6, 6.07) is 0.162. The third kappa shape index (κ3) is 4.08. The number of rotatable bonds is 4. The van der Waals surface area contributed by atoms with Gasteiger partial charge < -0.3 is 15.2 Å². The van der Waals surface area contributed by atoms with Crippen molar-refractivity contribution in [3.63, 3.8) is 0 Å². The van der Waals surface area contributed by atoms with Crippen molar-refractivity contribution >= 4 is 6.03 Å². The van der Waals surface area contributed by atoms with E-state index in [1.54, 1.807) is 0 Å². The Morgan fingerprint density at radius 2 is 1.79 bits per heavy atom. The number of carbonyl (C=O) groups excluding carboxylic acids is 1. The molecule has 1 fully saturated rings. The minimum atomic E-state index is -0.0853.